The molecule has 9 nitrogen and oxygen atoms in total. The van der Waals surface area contributed by atoms with Gasteiger partial charge in [0.15, 0.2) is 5.69 Å². The topological polar surface area (TPSA) is 94.0 Å². The summed E-state index contributed by atoms with van der Waals surface area (Å²) < 4.78 is 11.8. The third kappa shape index (κ3) is 4.28. The highest BCUT2D eigenvalue weighted by Crippen LogP contribution is 2.31. The molecule has 2 amide bonds. The number of carbonyl (C=O) groups excluding carboxylic acids is 3. The van der Waals surface area contributed by atoms with E-state index in [0.29, 0.717) is 53.8 Å². The predicted molar refractivity (Wildman–Crippen MR) is 130 cm³/mol. The van der Waals surface area contributed by atoms with Crippen molar-refractivity contribution in [2.75, 3.05) is 42.7 Å². The summed E-state index contributed by atoms with van der Waals surface area (Å²) in [5.41, 5.74) is 2.99. The molecule has 0 spiro atoms. The van der Waals surface area contributed by atoms with Crippen molar-refractivity contribution in [3.8, 4) is 5.69 Å². The predicted octanol–water partition coefficient (Wildman–Crippen LogP) is 3.27. The monoisotopic (exact) mass is 494 g/mol. The molecule has 3 aromatic rings. The summed E-state index contributed by atoms with van der Waals surface area (Å²) in [5.74, 6) is -0.950. The highest BCUT2D eigenvalue weighted by molar-refractivity contribution is 6.30. The van der Waals surface area contributed by atoms with Crippen molar-refractivity contribution in [1.29, 1.82) is 0 Å². The van der Waals surface area contributed by atoms with Crippen molar-refractivity contribution in [3.63, 3.8) is 0 Å². The Morgan fingerprint density at radius 2 is 1.80 bits per heavy atom. The van der Waals surface area contributed by atoms with Crippen LogP contribution in [0.15, 0.2) is 48.5 Å². The Kier molecular flexibility index (Phi) is 6.27. The summed E-state index contributed by atoms with van der Waals surface area (Å²) in [4.78, 5) is 41.8. The molecule has 2 aliphatic heterocycles. The summed E-state index contributed by atoms with van der Waals surface area (Å²) in [7, 11) is 0. The number of rotatable bonds is 5. The van der Waals surface area contributed by atoms with Crippen molar-refractivity contribution in [2.24, 2.45) is 0 Å². The number of aromatic nitrogens is 2. The first-order valence-electron chi connectivity index (χ1n) is 11.3. The van der Waals surface area contributed by atoms with Crippen LogP contribution < -0.4 is 9.80 Å². The van der Waals surface area contributed by atoms with Crippen molar-refractivity contribution in [1.82, 2.24) is 9.78 Å². The van der Waals surface area contributed by atoms with Crippen molar-refractivity contribution >= 4 is 40.8 Å². The maximum Gasteiger partial charge on any atom is 0.359 e. The lowest BCUT2D eigenvalue weighted by atomic mass is 10.0. The van der Waals surface area contributed by atoms with E-state index in [9.17, 15) is 14.4 Å². The lowest BCUT2D eigenvalue weighted by molar-refractivity contribution is -0.125. The summed E-state index contributed by atoms with van der Waals surface area (Å²) in [5, 5.41) is 4.95. The molecule has 0 saturated carbocycles. The van der Waals surface area contributed by atoms with E-state index in [4.69, 9.17) is 21.1 Å². The van der Waals surface area contributed by atoms with Crippen LogP contribution in [0.3, 0.4) is 0 Å². The van der Waals surface area contributed by atoms with Crippen LogP contribution in [0.2, 0.25) is 5.02 Å². The lowest BCUT2D eigenvalue weighted by Crippen LogP contribution is -2.41. The maximum atomic E-state index is 13.7. The number of benzene rings is 2. The zero-order valence-corrected chi connectivity index (χ0v) is 19.8. The Balaban J connectivity index is 1.51. The van der Waals surface area contributed by atoms with E-state index in [0.717, 1.165) is 5.69 Å². The van der Waals surface area contributed by atoms with E-state index in [2.05, 4.69) is 5.10 Å². The second-order valence-electron chi connectivity index (χ2n) is 8.11. The quantitative estimate of drug-likeness (QED) is 0.505. The fourth-order valence-electron chi connectivity index (χ4n) is 4.37. The summed E-state index contributed by atoms with van der Waals surface area (Å²) >= 11 is 6.18. The number of anilines is 2. The van der Waals surface area contributed by atoms with Crippen LogP contribution in [-0.2, 0) is 20.7 Å². The second kappa shape index (κ2) is 9.52. The normalized spacial score (nSPS) is 15.8. The molecule has 0 bridgehead atoms. The number of fused-ring (bicyclic) bond motifs is 1. The lowest BCUT2D eigenvalue weighted by Gasteiger charge is -2.29. The highest BCUT2D eigenvalue weighted by Gasteiger charge is 2.35. The fourth-order valence-corrected chi connectivity index (χ4v) is 4.55. The largest absolute Gasteiger partial charge is 0.461 e. The Bertz CT molecular complexity index is 1300. The average molecular weight is 495 g/mol. The molecule has 3 heterocycles. The minimum Gasteiger partial charge on any atom is -0.461 e. The molecule has 0 atom stereocenters. The minimum atomic E-state index is -0.565. The van der Waals surface area contributed by atoms with Gasteiger partial charge in [0.05, 0.1) is 18.9 Å². The molecule has 0 N–H and O–H groups in total. The number of carbonyl (C=O) groups is 3. The molecule has 35 heavy (non-hydrogen) atoms. The number of halogens is 1. The Morgan fingerprint density at radius 1 is 1.06 bits per heavy atom. The van der Waals surface area contributed by atoms with Gasteiger partial charge in [0.1, 0.15) is 12.3 Å². The average Bonchev–Trinajstić information content (AvgIpc) is 3.26. The number of nitrogens with zero attached hydrogens (tertiary/aromatic N) is 4. The number of esters is 1. The smallest absolute Gasteiger partial charge is 0.359 e. The van der Waals surface area contributed by atoms with Gasteiger partial charge in [-0.3, -0.25) is 9.59 Å². The third-order valence-corrected chi connectivity index (χ3v) is 6.23. The van der Waals surface area contributed by atoms with E-state index >= 15 is 0 Å². The molecule has 10 heteroatoms. The van der Waals surface area contributed by atoms with E-state index in [1.54, 1.807) is 41.0 Å². The van der Waals surface area contributed by atoms with E-state index < -0.39 is 5.97 Å². The van der Waals surface area contributed by atoms with E-state index in [1.807, 2.05) is 24.3 Å². The van der Waals surface area contributed by atoms with Crippen LogP contribution in [-0.4, -0.2) is 60.5 Å². The SMILES string of the molecule is CCOC(=O)c1nn(-c2cccc(Cl)c2)c2c1CCN(c1ccc(N3CCOCC3=O)cc1)C2=O. The first kappa shape index (κ1) is 23.1. The molecule has 2 aliphatic rings. The standard InChI is InChI=1S/C25H23ClN4O5/c1-2-35-25(33)22-20-10-11-29(18-8-6-17(7-9-18)28-12-13-34-15-21(28)31)24(32)23(20)30(27-22)19-5-3-4-16(26)14-19/h3-9,14H,2,10-13,15H2,1H3. The van der Waals surface area contributed by atoms with E-state index in [-0.39, 0.29) is 30.7 Å². The molecular weight excluding hydrogens is 472 g/mol. The summed E-state index contributed by atoms with van der Waals surface area (Å²) in [6, 6.07) is 14.2. The van der Waals surface area contributed by atoms with Gasteiger partial charge in [-0.1, -0.05) is 17.7 Å². The Morgan fingerprint density at radius 3 is 2.49 bits per heavy atom. The first-order valence-corrected chi connectivity index (χ1v) is 11.7. The number of hydrogen-bond acceptors (Lipinski definition) is 6. The number of hydrogen-bond donors (Lipinski definition) is 0. The maximum absolute atomic E-state index is 13.7. The molecule has 0 radical (unpaired) electrons. The third-order valence-electron chi connectivity index (χ3n) is 6.00. The molecule has 180 valence electrons. The Labute approximate surface area is 206 Å². The van der Waals surface area contributed by atoms with Crippen molar-refractivity contribution in [3.05, 3.63) is 70.5 Å². The number of ether oxygens (including phenoxy) is 2. The van der Waals surface area contributed by atoms with Gasteiger partial charge in [0, 0.05) is 35.1 Å². The molecule has 0 unspecified atom stereocenters. The van der Waals surface area contributed by atoms with Crippen LogP contribution in [0.1, 0.15) is 33.5 Å². The summed E-state index contributed by atoms with van der Waals surface area (Å²) in [6.07, 6.45) is 0.430. The van der Waals surface area contributed by atoms with Crippen LogP contribution in [0.5, 0.6) is 0 Å². The van der Waals surface area contributed by atoms with Crippen LogP contribution in [0.25, 0.3) is 5.69 Å². The molecule has 1 saturated heterocycles. The molecular formula is C25H23ClN4O5. The highest BCUT2D eigenvalue weighted by atomic mass is 35.5. The van der Waals surface area contributed by atoms with Gasteiger partial charge in [-0.15, -0.1) is 0 Å². The molecule has 2 aromatic carbocycles. The minimum absolute atomic E-state index is 0.0609. The van der Waals surface area contributed by atoms with Gasteiger partial charge in [0.2, 0.25) is 0 Å². The number of morpholine rings is 1. The Hall–Kier alpha value is -3.69. The van der Waals surface area contributed by atoms with Crippen LogP contribution in [0.4, 0.5) is 11.4 Å². The zero-order valence-electron chi connectivity index (χ0n) is 19.1. The molecule has 1 fully saturated rings. The van der Waals surface area contributed by atoms with Gasteiger partial charge in [-0.25, -0.2) is 9.48 Å². The van der Waals surface area contributed by atoms with Crippen LogP contribution >= 0.6 is 11.6 Å². The molecule has 0 aliphatic carbocycles. The van der Waals surface area contributed by atoms with E-state index in [1.165, 1.54) is 4.68 Å². The van der Waals surface area contributed by atoms with Crippen molar-refractivity contribution < 1.29 is 23.9 Å². The van der Waals surface area contributed by atoms with Gasteiger partial charge in [-0.05, 0) is 55.8 Å². The first-order chi connectivity index (χ1) is 17.0. The van der Waals surface area contributed by atoms with Gasteiger partial charge < -0.3 is 19.3 Å². The zero-order chi connectivity index (χ0) is 24.5. The molecule has 5 rings (SSSR count). The van der Waals surface area contributed by atoms with Crippen molar-refractivity contribution in [2.45, 2.75) is 13.3 Å². The summed E-state index contributed by atoms with van der Waals surface area (Å²) in [6.45, 7) is 3.33. The van der Waals surface area contributed by atoms with Gasteiger partial charge in [-0.2, -0.15) is 5.10 Å². The fraction of sp³-hybridized carbons (Fsp3) is 0.280. The van der Waals surface area contributed by atoms with Gasteiger partial charge in [0.25, 0.3) is 11.8 Å². The second-order valence-corrected chi connectivity index (χ2v) is 8.55. The molecule has 1 aromatic heterocycles. The number of amides is 2. The van der Waals surface area contributed by atoms with Crippen LogP contribution in [0, 0.1) is 0 Å². The van der Waals surface area contributed by atoms with Gasteiger partial charge >= 0.3 is 5.97 Å².